The van der Waals surface area contributed by atoms with Gasteiger partial charge in [-0.3, -0.25) is 9.59 Å². The van der Waals surface area contributed by atoms with Gasteiger partial charge in [0.05, 0.1) is 6.42 Å². The van der Waals surface area contributed by atoms with Gasteiger partial charge >= 0.3 is 5.97 Å². The molecule has 0 unspecified atom stereocenters. The lowest BCUT2D eigenvalue weighted by Gasteiger charge is -2.22. The highest BCUT2D eigenvalue weighted by Crippen LogP contribution is 2.10. The number of benzene rings is 2. The molecule has 6 nitrogen and oxygen atoms in total. The van der Waals surface area contributed by atoms with Crippen LogP contribution in [-0.4, -0.2) is 42.4 Å². The van der Waals surface area contributed by atoms with Crippen molar-refractivity contribution in [3.05, 3.63) is 71.5 Å². The SMILES string of the molecule is CC(C)[C@H](NC(=O)Cc1ccccc1)C(=O)OCC(=O)N(C)Cc1ccccc1F. The second-order valence-electron chi connectivity index (χ2n) is 7.40. The number of nitrogens with zero attached hydrogens (tertiary/aromatic N) is 1. The van der Waals surface area contributed by atoms with Crippen molar-refractivity contribution in [2.75, 3.05) is 13.7 Å². The number of ether oxygens (including phenoxy) is 1. The highest BCUT2D eigenvalue weighted by Gasteiger charge is 2.26. The zero-order valence-corrected chi connectivity index (χ0v) is 17.4. The van der Waals surface area contributed by atoms with Crippen LogP contribution in [-0.2, 0) is 32.1 Å². The Hall–Kier alpha value is -3.22. The fourth-order valence-electron chi connectivity index (χ4n) is 2.81. The summed E-state index contributed by atoms with van der Waals surface area (Å²) in [6, 6.07) is 14.5. The molecule has 0 aliphatic carbocycles. The molecule has 160 valence electrons. The van der Waals surface area contributed by atoms with Gasteiger partial charge in [-0.25, -0.2) is 9.18 Å². The number of halogens is 1. The normalized spacial score (nSPS) is 11.6. The molecule has 0 bridgehead atoms. The number of hydrogen-bond donors (Lipinski definition) is 1. The van der Waals surface area contributed by atoms with Crippen LogP contribution in [0.2, 0.25) is 0 Å². The van der Waals surface area contributed by atoms with Gasteiger partial charge in [0.2, 0.25) is 5.91 Å². The van der Waals surface area contributed by atoms with E-state index in [1.54, 1.807) is 32.0 Å². The van der Waals surface area contributed by atoms with Crippen molar-refractivity contribution in [2.24, 2.45) is 5.92 Å². The number of carbonyl (C=O) groups excluding carboxylic acids is 3. The third-order valence-electron chi connectivity index (χ3n) is 4.57. The average Bonchev–Trinajstić information content (AvgIpc) is 2.72. The molecule has 0 radical (unpaired) electrons. The van der Waals surface area contributed by atoms with Crippen LogP contribution in [0, 0.1) is 11.7 Å². The maximum atomic E-state index is 13.7. The quantitative estimate of drug-likeness (QED) is 0.640. The topological polar surface area (TPSA) is 75.7 Å². The first-order valence-corrected chi connectivity index (χ1v) is 9.75. The Kier molecular flexibility index (Phi) is 8.53. The zero-order chi connectivity index (χ0) is 22.1. The third-order valence-corrected chi connectivity index (χ3v) is 4.57. The molecule has 0 aliphatic rings. The molecule has 7 heteroatoms. The van der Waals surface area contributed by atoms with Gasteiger partial charge in [0.1, 0.15) is 11.9 Å². The smallest absolute Gasteiger partial charge is 0.329 e. The van der Waals surface area contributed by atoms with Crippen LogP contribution in [0.5, 0.6) is 0 Å². The van der Waals surface area contributed by atoms with Crippen molar-refractivity contribution in [1.82, 2.24) is 10.2 Å². The Labute approximate surface area is 176 Å². The molecule has 0 saturated heterocycles. The Morgan fingerprint density at radius 1 is 1.03 bits per heavy atom. The van der Waals surface area contributed by atoms with E-state index in [0.717, 1.165) is 5.56 Å². The second-order valence-corrected chi connectivity index (χ2v) is 7.40. The molecule has 2 aromatic carbocycles. The summed E-state index contributed by atoms with van der Waals surface area (Å²) in [6.45, 7) is 3.13. The average molecular weight is 414 g/mol. The first-order valence-electron chi connectivity index (χ1n) is 9.75. The van der Waals surface area contributed by atoms with Gasteiger partial charge < -0.3 is 15.0 Å². The predicted molar refractivity (Wildman–Crippen MR) is 111 cm³/mol. The molecular formula is C23H27FN2O4. The van der Waals surface area contributed by atoms with Gasteiger partial charge in [-0.05, 0) is 17.5 Å². The molecule has 30 heavy (non-hydrogen) atoms. The van der Waals surface area contributed by atoms with Crippen molar-refractivity contribution >= 4 is 17.8 Å². The molecule has 2 amide bonds. The van der Waals surface area contributed by atoms with Crippen molar-refractivity contribution in [3.8, 4) is 0 Å². The van der Waals surface area contributed by atoms with E-state index in [1.165, 1.54) is 18.0 Å². The van der Waals surface area contributed by atoms with E-state index < -0.39 is 30.3 Å². The van der Waals surface area contributed by atoms with Crippen LogP contribution in [0.3, 0.4) is 0 Å². The van der Waals surface area contributed by atoms with Crippen molar-refractivity contribution in [2.45, 2.75) is 32.9 Å². The van der Waals surface area contributed by atoms with E-state index in [0.29, 0.717) is 5.56 Å². The lowest BCUT2D eigenvalue weighted by molar-refractivity contribution is -0.155. The largest absolute Gasteiger partial charge is 0.454 e. The van der Waals surface area contributed by atoms with Gasteiger partial charge in [0, 0.05) is 19.2 Å². The fourth-order valence-corrected chi connectivity index (χ4v) is 2.81. The minimum atomic E-state index is -0.870. The summed E-state index contributed by atoms with van der Waals surface area (Å²) in [5.74, 6) is -2.08. The molecule has 2 rings (SSSR count). The van der Waals surface area contributed by atoms with Gasteiger partial charge in [-0.15, -0.1) is 0 Å². The molecule has 0 spiro atoms. The summed E-state index contributed by atoms with van der Waals surface area (Å²) in [5, 5.41) is 2.68. The number of carbonyl (C=O) groups is 3. The van der Waals surface area contributed by atoms with Crippen LogP contribution < -0.4 is 5.32 Å². The maximum absolute atomic E-state index is 13.7. The van der Waals surface area contributed by atoms with E-state index in [2.05, 4.69) is 5.32 Å². The van der Waals surface area contributed by atoms with E-state index >= 15 is 0 Å². The first kappa shape index (κ1) is 23.1. The van der Waals surface area contributed by atoms with Crippen molar-refractivity contribution in [3.63, 3.8) is 0 Å². The number of hydrogen-bond acceptors (Lipinski definition) is 4. The molecule has 0 fully saturated rings. The van der Waals surface area contributed by atoms with E-state index in [-0.39, 0.29) is 24.8 Å². The van der Waals surface area contributed by atoms with Crippen molar-refractivity contribution in [1.29, 1.82) is 0 Å². The summed E-state index contributed by atoms with van der Waals surface area (Å²) < 4.78 is 18.9. The number of nitrogens with one attached hydrogen (secondary N) is 1. The molecule has 1 N–H and O–H groups in total. The summed E-state index contributed by atoms with van der Waals surface area (Å²) in [7, 11) is 1.50. The Morgan fingerprint density at radius 3 is 2.30 bits per heavy atom. The molecule has 0 saturated carbocycles. The van der Waals surface area contributed by atoms with Gasteiger partial charge in [-0.1, -0.05) is 62.4 Å². The highest BCUT2D eigenvalue weighted by molar-refractivity contribution is 5.87. The molecular weight excluding hydrogens is 387 g/mol. The van der Waals surface area contributed by atoms with Crippen LogP contribution in [0.15, 0.2) is 54.6 Å². The fraction of sp³-hybridized carbons (Fsp3) is 0.348. The third kappa shape index (κ3) is 6.99. The Balaban J connectivity index is 1.87. The van der Waals surface area contributed by atoms with Gasteiger partial charge in [-0.2, -0.15) is 0 Å². The number of likely N-dealkylation sites (N-methyl/N-ethyl adjacent to an activating group) is 1. The zero-order valence-electron chi connectivity index (χ0n) is 17.4. The minimum absolute atomic E-state index is 0.0600. The maximum Gasteiger partial charge on any atom is 0.329 e. The predicted octanol–water partition coefficient (Wildman–Crippen LogP) is 2.71. The monoisotopic (exact) mass is 414 g/mol. The second kappa shape index (κ2) is 11.1. The standard InChI is InChI=1S/C23H27FN2O4/c1-16(2)22(25-20(27)13-17-9-5-4-6-10-17)23(29)30-15-21(28)26(3)14-18-11-7-8-12-19(18)24/h4-12,16,22H,13-15H2,1-3H3,(H,25,27)/t22-/m0/s1. The van der Waals surface area contributed by atoms with Crippen molar-refractivity contribution < 1.29 is 23.5 Å². The number of esters is 1. The van der Waals surface area contributed by atoms with E-state index in [4.69, 9.17) is 4.74 Å². The van der Waals surface area contributed by atoms with Crippen LogP contribution in [0.4, 0.5) is 4.39 Å². The van der Waals surface area contributed by atoms with Crippen LogP contribution >= 0.6 is 0 Å². The summed E-state index contributed by atoms with van der Waals surface area (Å²) >= 11 is 0. The molecule has 2 aromatic rings. The number of rotatable bonds is 9. The van der Waals surface area contributed by atoms with E-state index in [1.807, 2.05) is 30.3 Å². The van der Waals surface area contributed by atoms with E-state index in [9.17, 15) is 18.8 Å². The summed E-state index contributed by atoms with van der Waals surface area (Å²) in [6.07, 6.45) is 0.141. The number of amides is 2. The van der Waals surface area contributed by atoms with Gasteiger partial charge in [0.15, 0.2) is 6.61 Å². The van der Waals surface area contributed by atoms with Crippen LogP contribution in [0.1, 0.15) is 25.0 Å². The van der Waals surface area contributed by atoms with Crippen LogP contribution in [0.25, 0.3) is 0 Å². The molecule has 1 atom stereocenters. The summed E-state index contributed by atoms with van der Waals surface area (Å²) in [5.41, 5.74) is 1.20. The molecule has 0 heterocycles. The highest BCUT2D eigenvalue weighted by atomic mass is 19.1. The first-order chi connectivity index (χ1) is 14.3. The summed E-state index contributed by atoms with van der Waals surface area (Å²) in [4.78, 5) is 38.3. The minimum Gasteiger partial charge on any atom is -0.454 e. The lowest BCUT2D eigenvalue weighted by atomic mass is 10.0. The Bertz CT molecular complexity index is 871. The Morgan fingerprint density at radius 2 is 1.67 bits per heavy atom. The lowest BCUT2D eigenvalue weighted by Crippen LogP contribution is -2.46. The van der Waals surface area contributed by atoms with Gasteiger partial charge in [0.25, 0.3) is 5.91 Å². The molecule has 0 aliphatic heterocycles. The molecule has 0 aromatic heterocycles.